The molecule has 1 aliphatic rings. The summed E-state index contributed by atoms with van der Waals surface area (Å²) in [6.07, 6.45) is 5.39. The SMILES string of the molecule is Cc1c(C(=O)Nc2ccc(N3CCCCC3)cc2)cnn1-c1cccc(Cl)c1. The van der Waals surface area contributed by atoms with Crippen molar-refractivity contribution in [1.29, 1.82) is 0 Å². The van der Waals surface area contributed by atoms with E-state index in [1.807, 2.05) is 43.3 Å². The number of nitrogens with zero attached hydrogens (tertiary/aromatic N) is 3. The van der Waals surface area contributed by atoms with Gasteiger partial charge in [-0.1, -0.05) is 17.7 Å². The Balaban J connectivity index is 1.48. The third kappa shape index (κ3) is 3.90. The van der Waals surface area contributed by atoms with E-state index in [1.165, 1.54) is 24.9 Å². The fourth-order valence-corrected chi connectivity index (χ4v) is 3.79. The molecule has 0 bridgehead atoms. The van der Waals surface area contributed by atoms with E-state index >= 15 is 0 Å². The Morgan fingerprint density at radius 1 is 1.04 bits per heavy atom. The lowest BCUT2D eigenvalue weighted by Crippen LogP contribution is -2.29. The van der Waals surface area contributed by atoms with Gasteiger partial charge >= 0.3 is 0 Å². The first-order chi connectivity index (χ1) is 13.6. The van der Waals surface area contributed by atoms with Gasteiger partial charge in [-0.2, -0.15) is 5.10 Å². The molecule has 1 aromatic heterocycles. The number of hydrogen-bond acceptors (Lipinski definition) is 3. The lowest BCUT2D eigenvalue weighted by atomic mass is 10.1. The number of carbonyl (C=O) groups is 1. The lowest BCUT2D eigenvalue weighted by molar-refractivity contribution is 0.102. The van der Waals surface area contributed by atoms with Crippen LogP contribution < -0.4 is 10.2 Å². The topological polar surface area (TPSA) is 50.2 Å². The maximum absolute atomic E-state index is 12.7. The zero-order chi connectivity index (χ0) is 19.5. The summed E-state index contributed by atoms with van der Waals surface area (Å²) in [7, 11) is 0. The molecule has 1 saturated heterocycles. The normalized spacial score (nSPS) is 14.1. The Morgan fingerprint density at radius 3 is 2.50 bits per heavy atom. The number of aromatic nitrogens is 2. The van der Waals surface area contributed by atoms with Crippen LogP contribution in [0, 0.1) is 6.92 Å². The summed E-state index contributed by atoms with van der Waals surface area (Å²) < 4.78 is 1.72. The van der Waals surface area contributed by atoms with Gasteiger partial charge in [0.1, 0.15) is 0 Å². The number of rotatable bonds is 4. The van der Waals surface area contributed by atoms with Crippen molar-refractivity contribution in [3.63, 3.8) is 0 Å². The predicted molar refractivity (Wildman–Crippen MR) is 114 cm³/mol. The minimum atomic E-state index is -0.170. The quantitative estimate of drug-likeness (QED) is 0.671. The third-order valence-electron chi connectivity index (χ3n) is 5.15. The second kappa shape index (κ2) is 8.07. The maximum Gasteiger partial charge on any atom is 0.259 e. The third-order valence-corrected chi connectivity index (χ3v) is 5.39. The van der Waals surface area contributed by atoms with E-state index in [0.717, 1.165) is 30.2 Å². The van der Waals surface area contributed by atoms with Crippen LogP contribution in [0.25, 0.3) is 5.69 Å². The highest BCUT2D eigenvalue weighted by Gasteiger charge is 2.16. The molecule has 4 rings (SSSR count). The van der Waals surface area contributed by atoms with Gasteiger partial charge in [0.15, 0.2) is 0 Å². The second-order valence-corrected chi connectivity index (χ2v) is 7.52. The Labute approximate surface area is 169 Å². The van der Waals surface area contributed by atoms with Crippen molar-refractivity contribution in [2.24, 2.45) is 0 Å². The molecule has 3 aromatic rings. The summed E-state index contributed by atoms with van der Waals surface area (Å²) in [4.78, 5) is 15.1. The Kier molecular flexibility index (Phi) is 5.35. The summed E-state index contributed by atoms with van der Waals surface area (Å²) in [5.74, 6) is -0.170. The molecule has 6 heteroatoms. The van der Waals surface area contributed by atoms with E-state index in [1.54, 1.807) is 10.9 Å². The number of nitrogens with one attached hydrogen (secondary N) is 1. The smallest absolute Gasteiger partial charge is 0.259 e. The number of hydrogen-bond donors (Lipinski definition) is 1. The van der Waals surface area contributed by atoms with Gasteiger partial charge in [0.05, 0.1) is 23.1 Å². The summed E-state index contributed by atoms with van der Waals surface area (Å²) >= 11 is 6.07. The lowest BCUT2D eigenvalue weighted by Gasteiger charge is -2.28. The van der Waals surface area contributed by atoms with Crippen LogP contribution in [0.15, 0.2) is 54.7 Å². The van der Waals surface area contributed by atoms with Crippen molar-refractivity contribution in [3.05, 3.63) is 71.0 Å². The van der Waals surface area contributed by atoms with Crippen LogP contribution in [0.5, 0.6) is 0 Å². The number of anilines is 2. The van der Waals surface area contributed by atoms with Gasteiger partial charge < -0.3 is 10.2 Å². The average molecular weight is 395 g/mol. The van der Waals surface area contributed by atoms with Gasteiger partial charge in [-0.25, -0.2) is 4.68 Å². The summed E-state index contributed by atoms with van der Waals surface area (Å²) in [6.45, 7) is 4.09. The number of piperidine rings is 1. The van der Waals surface area contributed by atoms with Crippen LogP contribution in [-0.4, -0.2) is 28.8 Å². The number of amides is 1. The van der Waals surface area contributed by atoms with Gasteiger partial charge in [-0.15, -0.1) is 0 Å². The fraction of sp³-hybridized carbons (Fsp3) is 0.273. The van der Waals surface area contributed by atoms with Gasteiger partial charge in [-0.3, -0.25) is 4.79 Å². The standard InChI is InChI=1S/C22H23ClN4O/c1-16-21(15-24-27(16)20-7-5-6-17(23)14-20)22(28)25-18-8-10-19(11-9-18)26-12-3-2-4-13-26/h5-11,14-15H,2-4,12-13H2,1H3,(H,25,28). The molecular formula is C22H23ClN4O. The molecule has 0 spiro atoms. The zero-order valence-electron chi connectivity index (χ0n) is 15.9. The Morgan fingerprint density at radius 2 is 1.79 bits per heavy atom. The first kappa shape index (κ1) is 18.6. The van der Waals surface area contributed by atoms with Crippen molar-refractivity contribution in [3.8, 4) is 5.69 Å². The van der Waals surface area contributed by atoms with Gasteiger partial charge in [0, 0.05) is 29.5 Å². The van der Waals surface area contributed by atoms with Gasteiger partial charge in [0.2, 0.25) is 0 Å². The maximum atomic E-state index is 12.7. The van der Waals surface area contributed by atoms with Crippen molar-refractivity contribution < 1.29 is 4.79 Å². The Hall–Kier alpha value is -2.79. The van der Waals surface area contributed by atoms with Gasteiger partial charge in [-0.05, 0) is 68.7 Å². The molecule has 0 aliphatic carbocycles. The summed E-state index contributed by atoms with van der Waals surface area (Å²) in [5.41, 5.74) is 4.13. The highest BCUT2D eigenvalue weighted by atomic mass is 35.5. The molecule has 2 aromatic carbocycles. The molecule has 1 fully saturated rings. The number of benzene rings is 2. The van der Waals surface area contributed by atoms with E-state index in [-0.39, 0.29) is 5.91 Å². The molecule has 144 valence electrons. The van der Waals surface area contributed by atoms with E-state index in [4.69, 9.17) is 11.6 Å². The van der Waals surface area contributed by atoms with E-state index in [0.29, 0.717) is 10.6 Å². The van der Waals surface area contributed by atoms with E-state index < -0.39 is 0 Å². The van der Waals surface area contributed by atoms with Crippen molar-refractivity contribution in [2.45, 2.75) is 26.2 Å². The molecule has 1 aliphatic heterocycles. The average Bonchev–Trinajstić information content (AvgIpc) is 3.11. The van der Waals surface area contributed by atoms with Crippen LogP contribution in [0.4, 0.5) is 11.4 Å². The number of carbonyl (C=O) groups excluding carboxylic acids is 1. The van der Waals surface area contributed by atoms with E-state index in [9.17, 15) is 4.79 Å². The first-order valence-corrected chi connectivity index (χ1v) is 9.96. The van der Waals surface area contributed by atoms with Crippen molar-refractivity contribution >= 4 is 28.9 Å². The van der Waals surface area contributed by atoms with Crippen molar-refractivity contribution in [2.75, 3.05) is 23.3 Å². The van der Waals surface area contributed by atoms with E-state index in [2.05, 4.69) is 27.4 Å². The molecule has 1 N–H and O–H groups in total. The molecule has 0 saturated carbocycles. The van der Waals surface area contributed by atoms with Crippen LogP contribution in [0.3, 0.4) is 0 Å². The molecule has 0 radical (unpaired) electrons. The summed E-state index contributed by atoms with van der Waals surface area (Å²) in [6, 6.07) is 15.5. The van der Waals surface area contributed by atoms with Gasteiger partial charge in [0.25, 0.3) is 5.91 Å². The summed E-state index contributed by atoms with van der Waals surface area (Å²) in [5, 5.41) is 7.96. The second-order valence-electron chi connectivity index (χ2n) is 7.08. The van der Waals surface area contributed by atoms with Crippen molar-refractivity contribution in [1.82, 2.24) is 9.78 Å². The molecule has 1 amide bonds. The minimum Gasteiger partial charge on any atom is -0.372 e. The minimum absolute atomic E-state index is 0.170. The number of halogens is 1. The highest BCUT2D eigenvalue weighted by molar-refractivity contribution is 6.30. The monoisotopic (exact) mass is 394 g/mol. The molecule has 0 unspecified atom stereocenters. The van der Waals surface area contributed by atoms with Crippen LogP contribution in [0.2, 0.25) is 5.02 Å². The molecule has 28 heavy (non-hydrogen) atoms. The van der Waals surface area contributed by atoms with Crippen LogP contribution in [0.1, 0.15) is 35.3 Å². The highest BCUT2D eigenvalue weighted by Crippen LogP contribution is 2.23. The molecule has 5 nitrogen and oxygen atoms in total. The zero-order valence-corrected chi connectivity index (χ0v) is 16.6. The predicted octanol–water partition coefficient (Wildman–Crippen LogP) is 5.08. The molecule has 2 heterocycles. The van der Waals surface area contributed by atoms with Crippen LogP contribution in [-0.2, 0) is 0 Å². The first-order valence-electron chi connectivity index (χ1n) is 9.59. The largest absolute Gasteiger partial charge is 0.372 e. The molecule has 0 atom stereocenters. The van der Waals surface area contributed by atoms with Crippen LogP contribution >= 0.6 is 11.6 Å². The fourth-order valence-electron chi connectivity index (χ4n) is 3.61. The molecular weight excluding hydrogens is 372 g/mol. The Bertz CT molecular complexity index is 974.